The Morgan fingerprint density at radius 1 is 1.19 bits per heavy atom. The third-order valence-electron chi connectivity index (χ3n) is 1.81. The van der Waals surface area contributed by atoms with Gasteiger partial charge in [-0.1, -0.05) is 30.3 Å². The number of benzene rings is 1. The Kier molecular flexibility index (Phi) is 8.07. The van der Waals surface area contributed by atoms with Crippen molar-refractivity contribution in [3.63, 3.8) is 0 Å². The fourth-order valence-electron chi connectivity index (χ4n) is 1.15. The summed E-state index contributed by atoms with van der Waals surface area (Å²) < 4.78 is 8.77. The van der Waals surface area contributed by atoms with Crippen molar-refractivity contribution in [2.45, 2.75) is 19.3 Å². The normalized spacial score (nSPS) is 10.5. The summed E-state index contributed by atoms with van der Waals surface area (Å²) in [5.74, 6) is 0. The molecule has 0 aromatic heterocycles. The molecule has 0 radical (unpaired) electrons. The smallest absolute Gasteiger partial charge is 0.262 e. The van der Waals surface area contributed by atoms with Gasteiger partial charge in [0, 0.05) is 0 Å². The van der Waals surface area contributed by atoms with Crippen LogP contribution in [0.5, 0.6) is 0 Å². The summed E-state index contributed by atoms with van der Waals surface area (Å²) in [6.45, 7) is 1.06. The Bertz CT molecular complexity index is 304. The highest BCUT2D eigenvalue weighted by Crippen LogP contribution is 2.18. The standard InChI is InChI=1S/C10H15N.H3O4P/c11-9-5-4-8-10-6-2-1-3-7-10;1-5(2,3)4/h1-3,6-7H,4-5,8-9,11H2;(H3,1,2,3,4). The minimum absolute atomic E-state index is 1.06. The Hall–Kier alpha value is -0.710. The predicted octanol–water partition coefficient (Wildman–Crippen LogP) is -0.309. The number of unbranched alkanes of at least 4 members (excludes halogenated alkanes) is 1. The molecule has 1 aromatic carbocycles. The van der Waals surface area contributed by atoms with E-state index in [0.29, 0.717) is 0 Å². The monoisotopic (exact) mass is 247 g/mol. The van der Waals surface area contributed by atoms with Gasteiger partial charge in [-0.15, -0.1) is 0 Å². The SMILES string of the molecule is O=P([O-])(O)O.[NH3+]CCCCc1ccccc1. The Labute approximate surface area is 95.2 Å². The molecule has 92 valence electrons. The second kappa shape index (κ2) is 8.44. The van der Waals surface area contributed by atoms with E-state index in [1.807, 2.05) is 0 Å². The molecule has 0 unspecified atom stereocenters. The maximum absolute atomic E-state index is 8.77. The van der Waals surface area contributed by atoms with Crippen LogP contribution in [-0.4, -0.2) is 16.3 Å². The van der Waals surface area contributed by atoms with Gasteiger partial charge in [0.15, 0.2) is 0 Å². The van der Waals surface area contributed by atoms with Crippen LogP contribution in [0.15, 0.2) is 30.3 Å². The third kappa shape index (κ3) is 13.3. The maximum atomic E-state index is 8.77. The zero-order valence-corrected chi connectivity index (χ0v) is 9.97. The molecule has 16 heavy (non-hydrogen) atoms. The molecule has 0 heterocycles. The summed E-state index contributed by atoms with van der Waals surface area (Å²) in [6.07, 6.45) is 3.72. The Morgan fingerprint density at radius 3 is 2.12 bits per heavy atom. The van der Waals surface area contributed by atoms with Crippen molar-refractivity contribution in [3.05, 3.63) is 35.9 Å². The van der Waals surface area contributed by atoms with E-state index in [2.05, 4.69) is 36.1 Å². The van der Waals surface area contributed by atoms with Gasteiger partial charge in [0.25, 0.3) is 7.82 Å². The van der Waals surface area contributed by atoms with Crippen LogP contribution in [0.2, 0.25) is 0 Å². The van der Waals surface area contributed by atoms with E-state index in [1.165, 1.54) is 24.8 Å². The molecule has 1 aromatic rings. The third-order valence-corrected chi connectivity index (χ3v) is 1.81. The Morgan fingerprint density at radius 2 is 1.69 bits per heavy atom. The number of rotatable bonds is 4. The first-order chi connectivity index (χ1) is 7.43. The van der Waals surface area contributed by atoms with Gasteiger partial charge in [0.05, 0.1) is 6.54 Å². The molecule has 0 bridgehead atoms. The molecule has 5 nitrogen and oxygen atoms in total. The van der Waals surface area contributed by atoms with Crippen molar-refractivity contribution < 1.29 is 25.0 Å². The van der Waals surface area contributed by atoms with E-state index >= 15 is 0 Å². The highest BCUT2D eigenvalue weighted by Gasteiger charge is 1.90. The highest BCUT2D eigenvalue weighted by atomic mass is 31.2. The fraction of sp³-hybridized carbons (Fsp3) is 0.400. The highest BCUT2D eigenvalue weighted by molar-refractivity contribution is 7.43. The topological polar surface area (TPSA) is 108 Å². The quantitative estimate of drug-likeness (QED) is 0.501. The fourth-order valence-corrected chi connectivity index (χ4v) is 1.15. The number of hydrogen-bond acceptors (Lipinski definition) is 2. The minimum atomic E-state index is -4.89. The van der Waals surface area contributed by atoms with Crippen molar-refractivity contribution >= 4 is 7.82 Å². The molecule has 6 heteroatoms. The minimum Gasteiger partial charge on any atom is -0.756 e. The summed E-state index contributed by atoms with van der Waals surface area (Å²) in [5, 5.41) is 0. The first-order valence-electron chi connectivity index (χ1n) is 5.03. The number of aryl methyl sites for hydroxylation is 1. The van der Waals surface area contributed by atoms with E-state index in [9.17, 15) is 0 Å². The largest absolute Gasteiger partial charge is 0.756 e. The lowest BCUT2D eigenvalue weighted by atomic mass is 10.1. The van der Waals surface area contributed by atoms with Crippen LogP contribution in [-0.2, 0) is 11.0 Å². The molecular formula is C10H18NO4P. The lowest BCUT2D eigenvalue weighted by Crippen LogP contribution is -2.50. The summed E-state index contributed by atoms with van der Waals surface area (Å²) in [6, 6.07) is 10.6. The molecule has 0 saturated heterocycles. The van der Waals surface area contributed by atoms with Gasteiger partial charge < -0.3 is 20.4 Å². The van der Waals surface area contributed by atoms with E-state index in [0.717, 1.165) is 6.54 Å². The van der Waals surface area contributed by atoms with Crippen LogP contribution in [0.4, 0.5) is 0 Å². The Balaban J connectivity index is 0.000000385. The first-order valence-corrected chi connectivity index (χ1v) is 6.56. The van der Waals surface area contributed by atoms with Crippen LogP contribution in [0.1, 0.15) is 18.4 Å². The molecule has 0 aliphatic heterocycles. The summed E-state index contributed by atoms with van der Waals surface area (Å²) in [5.41, 5.74) is 5.26. The molecular weight excluding hydrogens is 229 g/mol. The number of quaternary nitrogens is 1. The lowest BCUT2D eigenvalue weighted by molar-refractivity contribution is -0.368. The molecule has 0 saturated carbocycles. The van der Waals surface area contributed by atoms with Gasteiger partial charge in [0.2, 0.25) is 0 Å². The van der Waals surface area contributed by atoms with Crippen LogP contribution in [0.25, 0.3) is 0 Å². The lowest BCUT2D eigenvalue weighted by Gasteiger charge is -2.01. The number of hydrogen-bond donors (Lipinski definition) is 3. The van der Waals surface area contributed by atoms with Gasteiger partial charge in [-0.05, 0) is 24.8 Å². The maximum Gasteiger partial charge on any atom is 0.262 e. The predicted molar refractivity (Wildman–Crippen MR) is 59.2 cm³/mol. The van der Waals surface area contributed by atoms with Crippen molar-refractivity contribution in [3.8, 4) is 0 Å². The van der Waals surface area contributed by atoms with Crippen molar-refractivity contribution in [2.75, 3.05) is 6.54 Å². The van der Waals surface area contributed by atoms with E-state index in [4.69, 9.17) is 19.2 Å². The molecule has 0 fully saturated rings. The van der Waals surface area contributed by atoms with Gasteiger partial charge in [0.1, 0.15) is 0 Å². The first kappa shape index (κ1) is 15.3. The van der Waals surface area contributed by atoms with Gasteiger partial charge >= 0.3 is 0 Å². The van der Waals surface area contributed by atoms with Gasteiger partial charge in [-0.25, -0.2) is 0 Å². The van der Waals surface area contributed by atoms with Crippen molar-refractivity contribution in [2.24, 2.45) is 0 Å². The van der Waals surface area contributed by atoms with E-state index in [-0.39, 0.29) is 0 Å². The molecule has 0 spiro atoms. The van der Waals surface area contributed by atoms with Crippen LogP contribution in [0, 0.1) is 0 Å². The van der Waals surface area contributed by atoms with Crippen molar-refractivity contribution in [1.82, 2.24) is 0 Å². The molecule has 5 N–H and O–H groups in total. The van der Waals surface area contributed by atoms with Crippen LogP contribution < -0.4 is 10.6 Å². The second-order valence-electron chi connectivity index (χ2n) is 3.29. The average molecular weight is 247 g/mol. The number of phosphoric acid groups is 1. The molecule has 0 aliphatic rings. The van der Waals surface area contributed by atoms with Crippen molar-refractivity contribution in [1.29, 1.82) is 0 Å². The van der Waals surface area contributed by atoms with E-state index in [1.54, 1.807) is 0 Å². The van der Waals surface area contributed by atoms with Crippen LogP contribution >= 0.6 is 7.82 Å². The zero-order valence-electron chi connectivity index (χ0n) is 9.08. The zero-order chi connectivity index (χ0) is 12.4. The van der Waals surface area contributed by atoms with E-state index < -0.39 is 7.82 Å². The van der Waals surface area contributed by atoms with Gasteiger partial charge in [-0.2, -0.15) is 0 Å². The van der Waals surface area contributed by atoms with Gasteiger partial charge in [-0.3, -0.25) is 4.57 Å². The molecule has 1 rings (SSSR count). The molecule has 0 amide bonds. The molecule has 0 aliphatic carbocycles. The molecule has 0 atom stereocenters. The average Bonchev–Trinajstić information content (AvgIpc) is 2.17. The summed E-state index contributed by atoms with van der Waals surface area (Å²) in [7, 11) is -4.89. The summed E-state index contributed by atoms with van der Waals surface area (Å²) in [4.78, 5) is 22.9. The second-order valence-corrected chi connectivity index (χ2v) is 4.27. The summed E-state index contributed by atoms with van der Waals surface area (Å²) >= 11 is 0. The van der Waals surface area contributed by atoms with Crippen LogP contribution in [0.3, 0.4) is 0 Å².